The van der Waals surface area contributed by atoms with Crippen LogP contribution in [0.25, 0.3) is 0 Å². The fraction of sp³-hybridized carbons (Fsp3) is 0.438. The molecule has 0 saturated heterocycles. The highest BCUT2D eigenvalue weighted by molar-refractivity contribution is 6.30. The minimum Gasteiger partial charge on any atom is -0.481 e. The number of halogens is 6. The van der Waals surface area contributed by atoms with Crippen molar-refractivity contribution in [2.24, 2.45) is 16.7 Å². The van der Waals surface area contributed by atoms with Crippen molar-refractivity contribution in [2.45, 2.75) is 26.4 Å². The van der Waals surface area contributed by atoms with Crippen LogP contribution in [-0.4, -0.2) is 17.3 Å². The van der Waals surface area contributed by atoms with Gasteiger partial charge in [0.15, 0.2) is 0 Å². The molecule has 0 aromatic heterocycles. The molecule has 2 rings (SSSR count). The monoisotopic (exact) mass is 368 g/mol. The molecule has 2 atom stereocenters. The van der Waals surface area contributed by atoms with Gasteiger partial charge >= 0.3 is 12.1 Å². The zero-order chi connectivity index (χ0) is 18.5. The second-order valence-electron chi connectivity index (χ2n) is 6.37. The maximum Gasteiger partial charge on any atom is 0.426 e. The molecule has 0 radical (unpaired) electrons. The first-order valence-corrected chi connectivity index (χ1v) is 7.34. The predicted octanol–water partition coefficient (Wildman–Crippen LogP) is 4.92. The topological polar surface area (TPSA) is 37.3 Å². The van der Waals surface area contributed by atoms with E-state index in [0.29, 0.717) is 6.08 Å². The van der Waals surface area contributed by atoms with Gasteiger partial charge in [-0.15, -0.1) is 0 Å². The van der Waals surface area contributed by atoms with Gasteiger partial charge in [-0.1, -0.05) is 37.6 Å². The van der Waals surface area contributed by atoms with E-state index in [-0.39, 0.29) is 0 Å². The Bertz CT molecular complexity index is 691. The minimum atomic E-state index is -4.81. The molecule has 0 heterocycles. The molecule has 1 aromatic rings. The number of allylic oxidation sites excluding steroid dienone is 2. The summed E-state index contributed by atoms with van der Waals surface area (Å²) < 4.78 is 65.6. The van der Waals surface area contributed by atoms with Crippen LogP contribution in [0.15, 0.2) is 29.3 Å². The van der Waals surface area contributed by atoms with Crippen molar-refractivity contribution in [3.63, 3.8) is 0 Å². The van der Waals surface area contributed by atoms with Crippen molar-refractivity contribution in [3.8, 4) is 0 Å². The molecular weight excluding hydrogens is 355 g/mol. The van der Waals surface area contributed by atoms with Crippen molar-refractivity contribution < 1.29 is 31.9 Å². The van der Waals surface area contributed by atoms with E-state index >= 15 is 0 Å². The van der Waals surface area contributed by atoms with Crippen LogP contribution in [-0.2, 0) is 11.2 Å². The first kappa shape index (κ1) is 18.7. The Balaban J connectivity index is 2.48. The number of carboxylic acid groups (broad SMARTS) is 1. The summed E-state index contributed by atoms with van der Waals surface area (Å²) in [5.41, 5.74) is -3.40. The molecule has 0 bridgehead atoms. The molecular formula is C16H14ClF5O2. The highest BCUT2D eigenvalue weighted by Crippen LogP contribution is 2.71. The molecule has 2 nitrogen and oxygen atoms in total. The van der Waals surface area contributed by atoms with E-state index in [1.165, 1.54) is 13.8 Å². The van der Waals surface area contributed by atoms with E-state index in [1.807, 2.05) is 0 Å². The fourth-order valence-corrected chi connectivity index (χ4v) is 3.41. The third kappa shape index (κ3) is 2.79. The van der Waals surface area contributed by atoms with E-state index in [0.717, 1.165) is 18.2 Å². The minimum absolute atomic E-state index is 0.466. The van der Waals surface area contributed by atoms with E-state index in [2.05, 4.69) is 0 Å². The SMILES string of the molecule is CC1(C)C(C=C(Cl)C(F)(F)F)C1(Cc1c(F)cccc1F)C(=O)O. The number of alkyl halides is 3. The maximum absolute atomic E-state index is 13.8. The van der Waals surface area contributed by atoms with Crippen LogP contribution < -0.4 is 0 Å². The van der Waals surface area contributed by atoms with Gasteiger partial charge in [-0.3, -0.25) is 4.79 Å². The summed E-state index contributed by atoms with van der Waals surface area (Å²) in [5, 5.41) is 8.12. The predicted molar refractivity (Wildman–Crippen MR) is 77.4 cm³/mol. The normalized spacial score (nSPS) is 26.3. The third-order valence-electron chi connectivity index (χ3n) is 4.86. The summed E-state index contributed by atoms with van der Waals surface area (Å²) in [4.78, 5) is 11.8. The fourth-order valence-electron chi connectivity index (χ4n) is 3.29. The molecule has 0 amide bonds. The lowest BCUT2D eigenvalue weighted by atomic mass is 9.88. The van der Waals surface area contributed by atoms with Gasteiger partial charge in [0, 0.05) is 11.5 Å². The largest absolute Gasteiger partial charge is 0.481 e. The van der Waals surface area contributed by atoms with Gasteiger partial charge in [0.25, 0.3) is 0 Å². The highest BCUT2D eigenvalue weighted by atomic mass is 35.5. The van der Waals surface area contributed by atoms with Gasteiger partial charge in [0.05, 0.1) is 5.41 Å². The Morgan fingerprint density at radius 1 is 1.29 bits per heavy atom. The summed E-state index contributed by atoms with van der Waals surface area (Å²) in [7, 11) is 0. The molecule has 1 N–H and O–H groups in total. The lowest BCUT2D eigenvalue weighted by Gasteiger charge is -2.16. The van der Waals surface area contributed by atoms with Gasteiger partial charge in [0.1, 0.15) is 16.7 Å². The zero-order valence-corrected chi connectivity index (χ0v) is 13.5. The lowest BCUT2D eigenvalue weighted by Crippen LogP contribution is -2.25. The number of carbonyl (C=O) groups is 1. The molecule has 2 unspecified atom stereocenters. The molecule has 0 aliphatic heterocycles. The zero-order valence-electron chi connectivity index (χ0n) is 12.7. The maximum atomic E-state index is 13.8. The standard InChI is InChI=1S/C16H14ClF5O2/c1-14(2)11(6-12(17)16(20,21)22)15(14,13(23)24)7-8-9(18)4-3-5-10(8)19/h3-6,11H,7H2,1-2H3,(H,23,24). The second-order valence-corrected chi connectivity index (χ2v) is 6.77. The number of carboxylic acids is 1. The lowest BCUT2D eigenvalue weighted by molar-refractivity contribution is -0.145. The Morgan fingerprint density at radius 2 is 1.79 bits per heavy atom. The van der Waals surface area contributed by atoms with Crippen molar-refractivity contribution >= 4 is 17.6 Å². The molecule has 1 aromatic carbocycles. The number of hydrogen-bond acceptors (Lipinski definition) is 1. The average Bonchev–Trinajstić information content (AvgIpc) is 2.89. The van der Waals surface area contributed by atoms with Gasteiger partial charge in [0.2, 0.25) is 0 Å². The smallest absolute Gasteiger partial charge is 0.426 e. The van der Waals surface area contributed by atoms with Crippen LogP contribution in [0.2, 0.25) is 0 Å². The van der Waals surface area contributed by atoms with Crippen molar-refractivity contribution in [3.05, 3.63) is 46.5 Å². The van der Waals surface area contributed by atoms with Crippen LogP contribution in [0.5, 0.6) is 0 Å². The first-order valence-electron chi connectivity index (χ1n) is 6.96. The van der Waals surface area contributed by atoms with E-state index in [1.54, 1.807) is 0 Å². The Kier molecular flexibility index (Phi) is 4.46. The molecule has 1 saturated carbocycles. The Morgan fingerprint density at radius 3 is 2.21 bits per heavy atom. The van der Waals surface area contributed by atoms with E-state index in [9.17, 15) is 31.9 Å². The molecule has 24 heavy (non-hydrogen) atoms. The molecule has 1 aliphatic rings. The summed E-state index contributed by atoms with van der Waals surface area (Å²) in [6.07, 6.45) is -4.76. The van der Waals surface area contributed by atoms with Gasteiger partial charge in [-0.25, -0.2) is 8.78 Å². The first-order chi connectivity index (χ1) is 10.9. The van der Waals surface area contributed by atoms with E-state index in [4.69, 9.17) is 11.6 Å². The molecule has 1 aliphatic carbocycles. The van der Waals surface area contributed by atoms with Crippen LogP contribution in [0, 0.1) is 28.4 Å². The summed E-state index contributed by atoms with van der Waals surface area (Å²) >= 11 is 5.21. The molecule has 8 heteroatoms. The summed E-state index contributed by atoms with van der Waals surface area (Å²) in [5.74, 6) is -4.43. The van der Waals surface area contributed by atoms with Crippen LogP contribution in [0.4, 0.5) is 22.0 Å². The summed E-state index contributed by atoms with van der Waals surface area (Å²) in [6, 6.07) is 3.06. The molecule has 0 spiro atoms. The summed E-state index contributed by atoms with van der Waals surface area (Å²) in [6.45, 7) is 2.86. The number of rotatable bonds is 4. The Labute approximate surface area is 139 Å². The molecule has 1 fully saturated rings. The van der Waals surface area contributed by atoms with Crippen LogP contribution in [0.3, 0.4) is 0 Å². The number of hydrogen-bond donors (Lipinski definition) is 1. The van der Waals surface area contributed by atoms with Crippen molar-refractivity contribution in [2.75, 3.05) is 0 Å². The van der Waals surface area contributed by atoms with Crippen LogP contribution >= 0.6 is 11.6 Å². The number of aliphatic carboxylic acids is 1. The quantitative estimate of drug-likeness (QED) is 0.766. The van der Waals surface area contributed by atoms with Gasteiger partial charge < -0.3 is 5.11 Å². The van der Waals surface area contributed by atoms with Gasteiger partial charge in [-0.2, -0.15) is 13.2 Å². The second kappa shape index (κ2) is 5.72. The molecule has 132 valence electrons. The van der Waals surface area contributed by atoms with Crippen molar-refractivity contribution in [1.29, 1.82) is 0 Å². The third-order valence-corrected chi connectivity index (χ3v) is 5.20. The average molecular weight is 369 g/mol. The van der Waals surface area contributed by atoms with E-state index < -0.39 is 57.5 Å². The highest BCUT2D eigenvalue weighted by Gasteiger charge is 2.75. The number of benzene rings is 1. The van der Waals surface area contributed by atoms with Crippen molar-refractivity contribution in [1.82, 2.24) is 0 Å². The van der Waals surface area contributed by atoms with Gasteiger partial charge in [-0.05, 0) is 24.0 Å². The Hall–Kier alpha value is -1.63. The van der Waals surface area contributed by atoms with Crippen LogP contribution in [0.1, 0.15) is 19.4 Å².